The Morgan fingerprint density at radius 1 is 0.958 bits per heavy atom. The zero-order chi connectivity index (χ0) is 51.4. The quantitative estimate of drug-likeness (QED) is 0.0813. The van der Waals surface area contributed by atoms with Gasteiger partial charge < -0.3 is 40.7 Å². The van der Waals surface area contributed by atoms with Gasteiger partial charge in [0.25, 0.3) is 5.91 Å². The number of β-amino-alcohol motifs (C(OH)–C–C–N with tert-alkyl or cyclic N) is 1. The molecule has 7 rings (SSSR count). The number of amides is 4. The van der Waals surface area contributed by atoms with E-state index in [-0.39, 0.29) is 60.9 Å². The van der Waals surface area contributed by atoms with Crippen LogP contribution in [0.3, 0.4) is 0 Å². The molecule has 0 unspecified atom stereocenters. The minimum atomic E-state index is -0.982. The van der Waals surface area contributed by atoms with E-state index >= 15 is 0 Å². The molecule has 3 heterocycles. The lowest BCUT2D eigenvalue weighted by Gasteiger charge is -2.63. The maximum Gasteiger partial charge on any atom is 0.251 e. The minimum absolute atomic E-state index is 0.0383. The summed E-state index contributed by atoms with van der Waals surface area (Å²) >= 11 is 7.80. The van der Waals surface area contributed by atoms with Crippen LogP contribution in [0, 0.1) is 34.5 Å². The number of piperazine rings is 1. The fourth-order valence-electron chi connectivity index (χ4n) is 10.8. The van der Waals surface area contributed by atoms with E-state index in [0.717, 1.165) is 54.2 Å². The lowest BCUT2D eigenvalue weighted by Crippen LogP contribution is -2.74. The molecule has 2 aliphatic heterocycles. The van der Waals surface area contributed by atoms with Crippen LogP contribution in [0.1, 0.15) is 100 Å². The molecule has 17 heteroatoms. The number of aromatic nitrogens is 1. The van der Waals surface area contributed by atoms with Gasteiger partial charge >= 0.3 is 0 Å². The summed E-state index contributed by atoms with van der Waals surface area (Å²) in [5, 5.41) is 39.7. The third kappa shape index (κ3) is 12.3. The van der Waals surface area contributed by atoms with Gasteiger partial charge in [-0.3, -0.25) is 24.1 Å². The summed E-state index contributed by atoms with van der Waals surface area (Å²) in [6.07, 6.45) is 0.709. The highest BCUT2D eigenvalue weighted by Crippen LogP contribution is 2.55. The number of aryl methyl sites for hydroxylation is 2. The van der Waals surface area contributed by atoms with Gasteiger partial charge in [0.05, 0.1) is 52.0 Å². The normalized spacial score (nSPS) is 21.9. The molecule has 71 heavy (non-hydrogen) atoms. The molecule has 2 saturated heterocycles. The predicted molar refractivity (Wildman–Crippen MR) is 275 cm³/mol. The van der Waals surface area contributed by atoms with Gasteiger partial charge in [-0.1, -0.05) is 96.5 Å². The van der Waals surface area contributed by atoms with E-state index < -0.39 is 41.5 Å². The molecule has 5 N–H and O–H groups in total. The predicted octanol–water partition coefficient (Wildman–Crippen LogP) is 6.15. The fourth-order valence-corrected chi connectivity index (χ4v) is 11.8. The Morgan fingerprint density at radius 2 is 1.62 bits per heavy atom. The lowest BCUT2D eigenvalue weighted by molar-refractivity contribution is -0.164. The van der Waals surface area contributed by atoms with Crippen molar-refractivity contribution in [1.29, 1.82) is 5.26 Å². The summed E-state index contributed by atoms with van der Waals surface area (Å²) in [6, 6.07) is 19.7. The first kappa shape index (κ1) is 53.4. The van der Waals surface area contributed by atoms with Crippen LogP contribution in [-0.2, 0) is 20.8 Å². The topological polar surface area (TPSA) is 200 Å². The second kappa shape index (κ2) is 22.1. The standard InChI is InChI=1S/C54H69ClN8O7S/c1-33-45(71-32-57-33)36-17-15-35(16-18-36)42(31-64)58-48(68)43-26-39(65)29-63(43)49(69)46(52(2,3)4)59-44(66)30-62-24-22-61(23-25-62)21-9-10-34-11-13-37(14-12-34)47(67)60-50-53(5,6)51(54(50,7)8)70-40-20-19-38(28-56)41(55)27-40/h11-20,27,32,39,42-43,46,50-51,64-65H,9-10,21-26,29-31H2,1-8H3,(H,58,68)(H,59,66)(H,60,67)/t39-,42+,43+,46-,50-,51-/m1/s1. The van der Waals surface area contributed by atoms with Crippen LogP contribution in [0.4, 0.5) is 0 Å². The number of aliphatic hydroxyl groups is 2. The van der Waals surface area contributed by atoms with Crippen molar-refractivity contribution in [2.75, 3.05) is 52.4 Å². The molecule has 15 nitrogen and oxygen atoms in total. The number of rotatable bonds is 17. The van der Waals surface area contributed by atoms with Crippen LogP contribution in [-0.4, -0.2) is 136 Å². The molecule has 4 amide bonds. The minimum Gasteiger partial charge on any atom is -0.489 e. The number of carbonyl (C=O) groups excluding carboxylic acids is 4. The van der Waals surface area contributed by atoms with Crippen molar-refractivity contribution in [2.45, 2.75) is 111 Å². The van der Waals surface area contributed by atoms with Crippen molar-refractivity contribution >= 4 is 46.6 Å². The van der Waals surface area contributed by atoms with E-state index in [1.165, 1.54) is 16.2 Å². The first-order valence-electron chi connectivity index (χ1n) is 24.5. The summed E-state index contributed by atoms with van der Waals surface area (Å²) in [5.41, 5.74) is 5.08. The highest BCUT2D eigenvalue weighted by molar-refractivity contribution is 7.13. The van der Waals surface area contributed by atoms with Gasteiger partial charge in [0, 0.05) is 67.6 Å². The molecule has 4 aromatic rings. The monoisotopic (exact) mass is 1010 g/mol. The Morgan fingerprint density at radius 3 is 2.21 bits per heavy atom. The van der Waals surface area contributed by atoms with Crippen molar-refractivity contribution in [3.63, 3.8) is 0 Å². The summed E-state index contributed by atoms with van der Waals surface area (Å²) in [5.74, 6) is -0.762. The van der Waals surface area contributed by atoms with Crippen molar-refractivity contribution in [1.82, 2.24) is 35.6 Å². The molecule has 0 radical (unpaired) electrons. The van der Waals surface area contributed by atoms with Gasteiger partial charge in [-0.2, -0.15) is 5.26 Å². The van der Waals surface area contributed by atoms with Crippen LogP contribution in [0.5, 0.6) is 5.75 Å². The van der Waals surface area contributed by atoms with Crippen molar-refractivity contribution < 1.29 is 34.1 Å². The molecule has 380 valence electrons. The van der Waals surface area contributed by atoms with Crippen LogP contribution in [0.25, 0.3) is 10.4 Å². The van der Waals surface area contributed by atoms with Crippen LogP contribution < -0.4 is 20.7 Å². The number of hydrogen-bond donors (Lipinski definition) is 5. The highest BCUT2D eigenvalue weighted by atomic mass is 35.5. The lowest BCUT2D eigenvalue weighted by atomic mass is 9.49. The summed E-state index contributed by atoms with van der Waals surface area (Å²) in [4.78, 5) is 66.3. The van der Waals surface area contributed by atoms with Gasteiger partial charge in [-0.25, -0.2) is 4.98 Å². The number of benzene rings is 3. The summed E-state index contributed by atoms with van der Waals surface area (Å²) < 4.78 is 6.38. The summed E-state index contributed by atoms with van der Waals surface area (Å²) in [6.45, 7) is 19.4. The number of nitrogens with zero attached hydrogens (tertiary/aromatic N) is 5. The van der Waals surface area contributed by atoms with E-state index in [0.29, 0.717) is 40.6 Å². The Hall–Kier alpha value is -5.41. The highest BCUT2D eigenvalue weighted by Gasteiger charge is 2.64. The number of ether oxygens (including phenoxy) is 1. The zero-order valence-corrected chi connectivity index (χ0v) is 43.7. The molecule has 3 aromatic carbocycles. The Kier molecular flexibility index (Phi) is 16.7. The molecule has 1 aromatic heterocycles. The van der Waals surface area contributed by atoms with E-state index in [4.69, 9.17) is 16.3 Å². The van der Waals surface area contributed by atoms with Gasteiger partial charge in [-0.15, -0.1) is 11.3 Å². The number of thiazole rings is 1. The second-order valence-corrected chi connectivity index (χ2v) is 22.9. The van der Waals surface area contributed by atoms with E-state index in [1.807, 2.05) is 76.2 Å². The molecular weight excluding hydrogens is 940 g/mol. The van der Waals surface area contributed by atoms with Gasteiger partial charge in [0.15, 0.2) is 0 Å². The number of nitriles is 1. The maximum absolute atomic E-state index is 14.3. The third-order valence-electron chi connectivity index (χ3n) is 14.5. The first-order valence-corrected chi connectivity index (χ1v) is 25.8. The molecule has 0 bridgehead atoms. The van der Waals surface area contributed by atoms with Gasteiger partial charge in [0.2, 0.25) is 17.7 Å². The average Bonchev–Trinajstić information content (AvgIpc) is 3.96. The maximum atomic E-state index is 14.3. The Bertz CT molecular complexity index is 2570. The smallest absolute Gasteiger partial charge is 0.251 e. The van der Waals surface area contributed by atoms with Crippen molar-refractivity contribution in [3.05, 3.63) is 105 Å². The molecular formula is C54H69ClN8O7S. The second-order valence-electron chi connectivity index (χ2n) is 21.6. The number of hydrogen-bond acceptors (Lipinski definition) is 12. The van der Waals surface area contributed by atoms with Gasteiger partial charge in [-0.05, 0) is 72.7 Å². The van der Waals surface area contributed by atoms with Gasteiger partial charge in [0.1, 0.15) is 30.0 Å². The zero-order valence-electron chi connectivity index (χ0n) is 42.1. The average molecular weight is 1010 g/mol. The first-order chi connectivity index (χ1) is 33.6. The SMILES string of the molecule is Cc1ncsc1-c1ccc([C@H](CO)NC(=O)[C@@H]2C[C@@H](O)CN2C(=O)[C@@H](NC(=O)CN2CCN(CCCc3ccc(C(=O)N[C@H]4C(C)(C)[C@H](Oc5ccc(C#N)c(Cl)c5)C4(C)C)cc3)CC2)C(C)(C)C)cc1. The number of likely N-dealkylation sites (tertiary alicyclic amines) is 1. The van der Waals surface area contributed by atoms with E-state index in [2.05, 4.69) is 64.5 Å². The third-order valence-corrected chi connectivity index (χ3v) is 15.8. The van der Waals surface area contributed by atoms with Crippen molar-refractivity contribution in [3.8, 4) is 22.3 Å². The number of aliphatic hydroxyl groups excluding tert-OH is 2. The summed E-state index contributed by atoms with van der Waals surface area (Å²) in [7, 11) is 0. The fraction of sp³-hybridized carbons (Fsp3) is 0.519. The Labute approximate surface area is 426 Å². The number of nitrogens with one attached hydrogen (secondary N) is 3. The molecule has 1 aliphatic carbocycles. The molecule has 3 aliphatic rings. The number of carbonyl (C=O) groups is 4. The van der Waals surface area contributed by atoms with Crippen LogP contribution >= 0.6 is 22.9 Å². The van der Waals surface area contributed by atoms with E-state index in [1.54, 1.807) is 23.7 Å². The largest absolute Gasteiger partial charge is 0.489 e. The molecule has 1 saturated carbocycles. The molecule has 3 fully saturated rings. The van der Waals surface area contributed by atoms with Crippen molar-refractivity contribution in [2.24, 2.45) is 16.2 Å². The number of halogens is 1. The van der Waals surface area contributed by atoms with E-state index in [9.17, 15) is 34.7 Å². The molecule has 4 atom stereocenters. The van der Waals surface area contributed by atoms with Crippen LogP contribution in [0.2, 0.25) is 5.02 Å². The van der Waals surface area contributed by atoms with Crippen LogP contribution in [0.15, 0.2) is 72.2 Å². The Balaban J connectivity index is 0.840. The molecule has 0 spiro atoms.